The van der Waals surface area contributed by atoms with Crippen molar-refractivity contribution in [1.82, 2.24) is 0 Å². The van der Waals surface area contributed by atoms with Gasteiger partial charge in [0.2, 0.25) is 0 Å². The summed E-state index contributed by atoms with van der Waals surface area (Å²) in [6.45, 7) is 3.92. The number of Topliss-reactive ketones (excluding diaryl/α,β-unsaturated/α-hetero) is 1. The van der Waals surface area contributed by atoms with Crippen molar-refractivity contribution in [2.45, 2.75) is 58.0 Å². The molecule has 16 heavy (non-hydrogen) atoms. The Morgan fingerprint density at radius 3 is 2.62 bits per heavy atom. The van der Waals surface area contributed by atoms with Gasteiger partial charge >= 0.3 is 5.97 Å². The van der Waals surface area contributed by atoms with Crippen molar-refractivity contribution in [3.8, 4) is 0 Å². The molecule has 0 N–H and O–H groups in total. The van der Waals surface area contributed by atoms with Gasteiger partial charge in [0.25, 0.3) is 0 Å². The summed E-state index contributed by atoms with van der Waals surface area (Å²) in [5, 5.41) is 0. The van der Waals surface area contributed by atoms with E-state index in [1.165, 1.54) is 0 Å². The van der Waals surface area contributed by atoms with Crippen molar-refractivity contribution in [3.05, 3.63) is 0 Å². The normalized spacial score (nSPS) is 33.0. The molecule has 2 aliphatic rings. The summed E-state index contributed by atoms with van der Waals surface area (Å²) in [4.78, 5) is 23.3. The Morgan fingerprint density at radius 1 is 1.44 bits per heavy atom. The highest BCUT2D eigenvalue weighted by Gasteiger charge is 2.39. The zero-order valence-electron chi connectivity index (χ0n) is 10.1. The minimum Gasteiger partial charge on any atom is -0.459 e. The van der Waals surface area contributed by atoms with Crippen molar-refractivity contribution in [3.63, 3.8) is 0 Å². The average Bonchev–Trinajstić information content (AvgIpc) is 2.19. The highest BCUT2D eigenvalue weighted by molar-refractivity contribution is 5.84. The highest BCUT2D eigenvalue weighted by atomic mass is 16.6. The summed E-state index contributed by atoms with van der Waals surface area (Å²) in [6, 6.07) is 0. The van der Waals surface area contributed by atoms with Crippen LogP contribution in [0.15, 0.2) is 0 Å². The standard InChI is InChI=1S/C13H20O3/c1-9-8-10(4-5-11(9)14)12(15)16-13(2)6-3-7-13/h9-10H,3-8H2,1-2H3/t9-,10-/m0/s1. The predicted molar refractivity (Wildman–Crippen MR) is 59.9 cm³/mol. The molecule has 0 aliphatic heterocycles. The van der Waals surface area contributed by atoms with Crippen LogP contribution in [0.1, 0.15) is 52.4 Å². The van der Waals surface area contributed by atoms with Crippen LogP contribution in [0.25, 0.3) is 0 Å². The number of carbonyl (C=O) groups excluding carboxylic acids is 2. The lowest BCUT2D eigenvalue weighted by atomic mass is 9.80. The van der Waals surface area contributed by atoms with Crippen LogP contribution in [0.4, 0.5) is 0 Å². The van der Waals surface area contributed by atoms with Crippen molar-refractivity contribution in [2.24, 2.45) is 11.8 Å². The molecular weight excluding hydrogens is 204 g/mol. The predicted octanol–water partition coefficient (Wildman–Crippen LogP) is 2.48. The maximum Gasteiger partial charge on any atom is 0.309 e. The second kappa shape index (κ2) is 4.19. The summed E-state index contributed by atoms with van der Waals surface area (Å²) < 4.78 is 5.55. The maximum atomic E-state index is 11.9. The molecule has 90 valence electrons. The van der Waals surface area contributed by atoms with Gasteiger partial charge in [-0.25, -0.2) is 0 Å². The molecule has 2 fully saturated rings. The second-order valence-electron chi connectivity index (χ2n) is 5.56. The molecule has 2 aliphatic carbocycles. The minimum atomic E-state index is -0.207. The third-order valence-electron chi connectivity index (χ3n) is 4.02. The van der Waals surface area contributed by atoms with E-state index in [0.717, 1.165) is 19.3 Å². The van der Waals surface area contributed by atoms with Gasteiger partial charge in [-0.2, -0.15) is 0 Å². The monoisotopic (exact) mass is 224 g/mol. The zero-order chi connectivity index (χ0) is 11.8. The van der Waals surface area contributed by atoms with E-state index in [9.17, 15) is 9.59 Å². The van der Waals surface area contributed by atoms with E-state index in [2.05, 4.69) is 0 Å². The van der Waals surface area contributed by atoms with Gasteiger partial charge in [-0.1, -0.05) is 6.92 Å². The highest BCUT2D eigenvalue weighted by Crippen LogP contribution is 2.37. The first-order valence-corrected chi connectivity index (χ1v) is 6.26. The van der Waals surface area contributed by atoms with Gasteiger partial charge in [0.05, 0.1) is 5.92 Å². The van der Waals surface area contributed by atoms with Crippen LogP contribution in [0, 0.1) is 11.8 Å². The van der Waals surface area contributed by atoms with Gasteiger partial charge in [0.1, 0.15) is 11.4 Å². The summed E-state index contributed by atoms with van der Waals surface area (Å²) in [5.74, 6) is 0.186. The third-order valence-corrected chi connectivity index (χ3v) is 4.02. The molecule has 0 aromatic carbocycles. The third kappa shape index (κ3) is 2.28. The molecule has 0 saturated heterocycles. The molecular formula is C13H20O3. The number of hydrogen-bond acceptors (Lipinski definition) is 3. The van der Waals surface area contributed by atoms with Gasteiger partial charge in [0, 0.05) is 12.3 Å². The van der Waals surface area contributed by atoms with Crippen molar-refractivity contribution >= 4 is 11.8 Å². The van der Waals surface area contributed by atoms with Gasteiger partial charge in [0.15, 0.2) is 0 Å². The molecule has 3 nitrogen and oxygen atoms in total. The van der Waals surface area contributed by atoms with Crippen LogP contribution in [-0.2, 0) is 14.3 Å². The van der Waals surface area contributed by atoms with Crippen LogP contribution < -0.4 is 0 Å². The van der Waals surface area contributed by atoms with Crippen molar-refractivity contribution < 1.29 is 14.3 Å². The van der Waals surface area contributed by atoms with Crippen molar-refractivity contribution in [1.29, 1.82) is 0 Å². The van der Waals surface area contributed by atoms with Crippen LogP contribution in [0.3, 0.4) is 0 Å². The summed E-state index contributed by atoms with van der Waals surface area (Å²) in [6.07, 6.45) is 5.02. The second-order valence-corrected chi connectivity index (χ2v) is 5.56. The quantitative estimate of drug-likeness (QED) is 0.677. The number of ether oxygens (including phenoxy) is 1. The number of ketones is 1. The van der Waals surface area contributed by atoms with E-state index in [1.54, 1.807) is 0 Å². The lowest BCUT2D eigenvalue weighted by Crippen LogP contribution is -2.41. The van der Waals surface area contributed by atoms with E-state index >= 15 is 0 Å². The average molecular weight is 224 g/mol. The van der Waals surface area contributed by atoms with Gasteiger partial charge in [-0.15, -0.1) is 0 Å². The first kappa shape index (κ1) is 11.6. The number of hydrogen-bond donors (Lipinski definition) is 0. The molecule has 0 spiro atoms. The molecule has 0 heterocycles. The Morgan fingerprint density at radius 2 is 2.12 bits per heavy atom. The molecule has 0 unspecified atom stereocenters. The largest absolute Gasteiger partial charge is 0.459 e. The van der Waals surface area contributed by atoms with Gasteiger partial charge in [-0.05, 0) is 39.0 Å². The molecule has 2 rings (SSSR count). The van der Waals surface area contributed by atoms with Crippen LogP contribution in [0.5, 0.6) is 0 Å². The molecule has 0 amide bonds. The SMILES string of the molecule is C[C@H]1C[C@@H](C(=O)OC2(C)CCC2)CCC1=O. The van der Waals surface area contributed by atoms with Gasteiger partial charge in [-0.3, -0.25) is 9.59 Å². The number of rotatable bonds is 2. The molecule has 0 bridgehead atoms. The summed E-state index contributed by atoms with van der Waals surface area (Å²) in [7, 11) is 0. The first-order valence-electron chi connectivity index (χ1n) is 6.26. The maximum absolute atomic E-state index is 11.9. The van der Waals surface area contributed by atoms with E-state index in [0.29, 0.717) is 25.0 Å². The topological polar surface area (TPSA) is 43.4 Å². The fourth-order valence-corrected chi connectivity index (χ4v) is 2.56. The lowest BCUT2D eigenvalue weighted by molar-refractivity contribution is -0.173. The minimum absolute atomic E-state index is 0.0282. The van der Waals surface area contributed by atoms with Crippen LogP contribution in [0.2, 0.25) is 0 Å². The van der Waals surface area contributed by atoms with Crippen LogP contribution >= 0.6 is 0 Å². The Bertz CT molecular complexity index is 304. The summed E-state index contributed by atoms with van der Waals surface area (Å²) in [5.41, 5.74) is -0.207. The molecule has 3 heteroatoms. The lowest BCUT2D eigenvalue weighted by Gasteiger charge is -2.39. The number of esters is 1. The van der Waals surface area contributed by atoms with Gasteiger partial charge < -0.3 is 4.74 Å². The summed E-state index contributed by atoms with van der Waals surface area (Å²) >= 11 is 0. The molecule has 0 aromatic heterocycles. The zero-order valence-corrected chi connectivity index (χ0v) is 10.1. The Labute approximate surface area is 96.5 Å². The Hall–Kier alpha value is -0.860. The number of carbonyl (C=O) groups is 2. The Kier molecular flexibility index (Phi) is 3.04. The van der Waals surface area contributed by atoms with E-state index in [1.807, 2.05) is 13.8 Å². The molecule has 0 aromatic rings. The van der Waals surface area contributed by atoms with E-state index in [-0.39, 0.29) is 23.4 Å². The van der Waals surface area contributed by atoms with E-state index < -0.39 is 0 Å². The smallest absolute Gasteiger partial charge is 0.309 e. The van der Waals surface area contributed by atoms with E-state index in [4.69, 9.17) is 4.74 Å². The first-order chi connectivity index (χ1) is 7.50. The Balaban J connectivity index is 1.87. The molecule has 0 radical (unpaired) electrons. The fourth-order valence-electron chi connectivity index (χ4n) is 2.56. The van der Waals surface area contributed by atoms with Crippen molar-refractivity contribution in [2.75, 3.05) is 0 Å². The molecule has 2 saturated carbocycles. The fraction of sp³-hybridized carbons (Fsp3) is 0.846. The molecule has 2 atom stereocenters. The van der Waals surface area contributed by atoms with Crippen LogP contribution in [-0.4, -0.2) is 17.4 Å².